The molecule has 2 aliphatic heterocycles. The summed E-state index contributed by atoms with van der Waals surface area (Å²) in [5.74, 6) is 0.500. The van der Waals surface area contributed by atoms with Gasteiger partial charge in [-0.05, 0) is 46.0 Å². The molecule has 2 bridgehead atoms. The lowest BCUT2D eigenvalue weighted by Gasteiger charge is -2.28. The van der Waals surface area contributed by atoms with Gasteiger partial charge in [0.05, 0.1) is 6.07 Å². The third-order valence-electron chi connectivity index (χ3n) is 4.09. The number of nitrogens with one attached hydrogen (secondary N) is 1. The summed E-state index contributed by atoms with van der Waals surface area (Å²) in [6.45, 7) is 7.34. The summed E-state index contributed by atoms with van der Waals surface area (Å²) >= 11 is 0. The van der Waals surface area contributed by atoms with Gasteiger partial charge in [-0.3, -0.25) is 0 Å². The van der Waals surface area contributed by atoms with Crippen LogP contribution in [0.4, 0.5) is 4.79 Å². The number of ether oxygens (including phenoxy) is 1. The van der Waals surface area contributed by atoms with Gasteiger partial charge in [0.1, 0.15) is 5.60 Å². The maximum atomic E-state index is 12.3. The van der Waals surface area contributed by atoms with Crippen molar-refractivity contribution in [1.29, 1.82) is 5.26 Å². The minimum absolute atomic E-state index is 0.162. The van der Waals surface area contributed by atoms with E-state index < -0.39 is 5.60 Å². The Morgan fingerprint density at radius 3 is 2.85 bits per heavy atom. The first-order chi connectivity index (χ1) is 9.42. The fraction of sp³-hybridized carbons (Fsp3) is 0.867. The predicted molar refractivity (Wildman–Crippen MR) is 76.1 cm³/mol. The number of nitrogens with zero attached hydrogens (tertiary/aromatic N) is 2. The number of hydrogen-bond acceptors (Lipinski definition) is 4. The van der Waals surface area contributed by atoms with Gasteiger partial charge in [-0.25, -0.2) is 4.79 Å². The summed E-state index contributed by atoms with van der Waals surface area (Å²) in [5, 5.41) is 11.8. The molecule has 0 aromatic rings. The molecule has 1 N–H and O–H groups in total. The zero-order valence-corrected chi connectivity index (χ0v) is 12.7. The van der Waals surface area contributed by atoms with E-state index in [-0.39, 0.29) is 6.09 Å². The third kappa shape index (κ3) is 3.43. The Bertz CT molecular complexity index is 397. The zero-order chi connectivity index (χ0) is 14.8. The molecule has 112 valence electrons. The summed E-state index contributed by atoms with van der Waals surface area (Å²) in [6, 6.07) is 2.79. The maximum absolute atomic E-state index is 12.3. The average Bonchev–Trinajstić information content (AvgIpc) is 2.89. The second kappa shape index (κ2) is 6.01. The molecule has 0 aliphatic carbocycles. The van der Waals surface area contributed by atoms with Gasteiger partial charge in [0.25, 0.3) is 0 Å². The molecule has 2 aliphatic rings. The maximum Gasteiger partial charge on any atom is 0.410 e. The normalized spacial score (nSPS) is 28.5. The summed E-state index contributed by atoms with van der Waals surface area (Å²) in [5.41, 5.74) is -0.431. The second-order valence-corrected chi connectivity index (χ2v) is 6.79. The van der Waals surface area contributed by atoms with Crippen LogP contribution in [0.2, 0.25) is 0 Å². The molecule has 5 heteroatoms. The van der Waals surface area contributed by atoms with Gasteiger partial charge in [-0.1, -0.05) is 0 Å². The van der Waals surface area contributed by atoms with Crippen LogP contribution in [-0.2, 0) is 4.74 Å². The Morgan fingerprint density at radius 2 is 2.20 bits per heavy atom. The van der Waals surface area contributed by atoms with Gasteiger partial charge in [-0.15, -0.1) is 0 Å². The van der Waals surface area contributed by atoms with Gasteiger partial charge < -0.3 is 15.0 Å². The van der Waals surface area contributed by atoms with Crippen LogP contribution in [0.3, 0.4) is 0 Å². The Morgan fingerprint density at radius 1 is 1.45 bits per heavy atom. The van der Waals surface area contributed by atoms with Crippen molar-refractivity contribution in [1.82, 2.24) is 10.2 Å². The molecule has 0 aromatic carbocycles. The number of hydrogen-bond donors (Lipinski definition) is 1. The van der Waals surface area contributed by atoms with Crippen LogP contribution in [0.15, 0.2) is 0 Å². The van der Waals surface area contributed by atoms with Crippen molar-refractivity contribution < 1.29 is 9.53 Å². The second-order valence-electron chi connectivity index (χ2n) is 6.79. The average molecular weight is 279 g/mol. The van der Waals surface area contributed by atoms with E-state index in [1.807, 2.05) is 25.7 Å². The topological polar surface area (TPSA) is 65.4 Å². The van der Waals surface area contributed by atoms with E-state index in [0.29, 0.717) is 24.4 Å². The van der Waals surface area contributed by atoms with Crippen LogP contribution in [0, 0.1) is 17.2 Å². The van der Waals surface area contributed by atoms with Gasteiger partial charge in [0.2, 0.25) is 0 Å². The summed E-state index contributed by atoms with van der Waals surface area (Å²) < 4.78 is 5.52. The quantitative estimate of drug-likeness (QED) is 0.802. The van der Waals surface area contributed by atoms with E-state index in [9.17, 15) is 4.79 Å². The first kappa shape index (κ1) is 15.1. The molecule has 0 spiro atoms. The Balaban J connectivity index is 1.87. The van der Waals surface area contributed by atoms with E-state index in [1.165, 1.54) is 0 Å². The summed E-state index contributed by atoms with van der Waals surface area (Å²) in [4.78, 5) is 14.2. The van der Waals surface area contributed by atoms with Gasteiger partial charge in [0, 0.05) is 31.6 Å². The van der Waals surface area contributed by atoms with E-state index in [4.69, 9.17) is 10.00 Å². The van der Waals surface area contributed by atoms with Crippen LogP contribution in [0.5, 0.6) is 0 Å². The van der Waals surface area contributed by atoms with Crippen molar-refractivity contribution in [3.63, 3.8) is 0 Å². The molecule has 1 amide bonds. The molecule has 2 saturated heterocycles. The summed E-state index contributed by atoms with van der Waals surface area (Å²) in [6.07, 6.45) is 3.61. The lowest BCUT2D eigenvalue weighted by atomic mass is 9.89. The van der Waals surface area contributed by atoms with E-state index in [2.05, 4.69) is 11.4 Å². The standard InChI is InChI=1S/C15H25N3O2/c1-15(2,3)20-14(19)18-12-5-6-13(18)11(9-12)10-17-8-4-7-16/h11-13,17H,4-6,8-10H2,1-3H3. The molecule has 2 rings (SSSR count). The lowest BCUT2D eigenvalue weighted by molar-refractivity contribution is 0.0205. The molecule has 20 heavy (non-hydrogen) atoms. The van der Waals surface area contributed by atoms with Crippen molar-refractivity contribution >= 4 is 6.09 Å². The minimum atomic E-state index is -0.431. The third-order valence-corrected chi connectivity index (χ3v) is 4.09. The molecule has 3 atom stereocenters. The molecule has 0 saturated carbocycles. The number of fused-ring (bicyclic) bond motifs is 2. The van der Waals surface area contributed by atoms with Crippen molar-refractivity contribution in [2.75, 3.05) is 13.1 Å². The number of rotatable bonds is 4. The largest absolute Gasteiger partial charge is 0.444 e. The van der Waals surface area contributed by atoms with Crippen LogP contribution >= 0.6 is 0 Å². The fourth-order valence-electron chi connectivity index (χ4n) is 3.36. The number of carbonyl (C=O) groups excluding carboxylic acids is 1. The van der Waals surface area contributed by atoms with Crippen molar-refractivity contribution in [3.05, 3.63) is 0 Å². The van der Waals surface area contributed by atoms with E-state index in [1.54, 1.807) is 0 Å². The SMILES string of the molecule is CC(C)(C)OC(=O)N1C2CCC1C(CNCCC#N)C2. The first-order valence-corrected chi connectivity index (χ1v) is 7.51. The number of nitriles is 1. The lowest BCUT2D eigenvalue weighted by Crippen LogP contribution is -2.41. The minimum Gasteiger partial charge on any atom is -0.444 e. The molecular formula is C15H25N3O2. The molecule has 5 nitrogen and oxygen atoms in total. The Hall–Kier alpha value is -1.28. The van der Waals surface area contributed by atoms with Crippen molar-refractivity contribution in [3.8, 4) is 6.07 Å². The molecule has 3 unspecified atom stereocenters. The Kier molecular flexibility index (Phi) is 4.54. The predicted octanol–water partition coefficient (Wildman–Crippen LogP) is 2.28. The van der Waals surface area contributed by atoms with E-state index in [0.717, 1.165) is 32.4 Å². The first-order valence-electron chi connectivity index (χ1n) is 7.51. The van der Waals surface area contributed by atoms with Crippen LogP contribution in [0.1, 0.15) is 46.5 Å². The highest BCUT2D eigenvalue weighted by Crippen LogP contribution is 2.42. The highest BCUT2D eigenvalue weighted by Gasteiger charge is 2.49. The number of carbonyl (C=O) groups is 1. The highest BCUT2D eigenvalue weighted by atomic mass is 16.6. The molecule has 0 radical (unpaired) electrons. The van der Waals surface area contributed by atoms with Gasteiger partial charge >= 0.3 is 6.09 Å². The van der Waals surface area contributed by atoms with Crippen molar-refractivity contribution in [2.24, 2.45) is 5.92 Å². The Labute approximate surface area is 121 Å². The number of amides is 1. The molecule has 2 heterocycles. The monoisotopic (exact) mass is 279 g/mol. The van der Waals surface area contributed by atoms with Crippen LogP contribution in [-0.4, -0.2) is 41.8 Å². The van der Waals surface area contributed by atoms with Gasteiger partial charge in [-0.2, -0.15) is 5.26 Å². The zero-order valence-electron chi connectivity index (χ0n) is 12.7. The molecule has 2 fully saturated rings. The van der Waals surface area contributed by atoms with Crippen LogP contribution < -0.4 is 5.32 Å². The van der Waals surface area contributed by atoms with Crippen molar-refractivity contribution in [2.45, 2.75) is 64.1 Å². The summed E-state index contributed by atoms with van der Waals surface area (Å²) in [7, 11) is 0. The molecule has 0 aromatic heterocycles. The van der Waals surface area contributed by atoms with Crippen LogP contribution in [0.25, 0.3) is 0 Å². The smallest absolute Gasteiger partial charge is 0.410 e. The fourth-order valence-corrected chi connectivity index (χ4v) is 3.36. The van der Waals surface area contributed by atoms with Gasteiger partial charge in [0.15, 0.2) is 0 Å². The molecular weight excluding hydrogens is 254 g/mol. The van der Waals surface area contributed by atoms with E-state index >= 15 is 0 Å². The highest BCUT2D eigenvalue weighted by molar-refractivity contribution is 5.70.